The van der Waals surface area contributed by atoms with Gasteiger partial charge in [-0.25, -0.2) is 0 Å². The number of nitrogens with one attached hydrogen (secondary N) is 1. The third-order valence-corrected chi connectivity index (χ3v) is 2.36. The molecule has 0 bridgehead atoms. The third kappa shape index (κ3) is 3.59. The van der Waals surface area contributed by atoms with Crippen LogP contribution in [0, 0.1) is 0 Å². The fourth-order valence-electron chi connectivity index (χ4n) is 1.22. The van der Waals surface area contributed by atoms with Gasteiger partial charge in [0.2, 0.25) is 0 Å². The number of phenolic OH excluding ortho intramolecular Hbond substituents is 1. The van der Waals surface area contributed by atoms with Gasteiger partial charge >= 0.3 is 0 Å². The van der Waals surface area contributed by atoms with Crippen molar-refractivity contribution in [3.05, 3.63) is 40.9 Å². The van der Waals surface area contributed by atoms with Crippen LogP contribution in [0.3, 0.4) is 0 Å². The number of aromatic hydroxyl groups is 1. The summed E-state index contributed by atoms with van der Waals surface area (Å²) in [6.45, 7) is 2.48. The fourth-order valence-corrected chi connectivity index (χ4v) is 1.42. The van der Waals surface area contributed by atoms with E-state index < -0.39 is 0 Å². The van der Waals surface area contributed by atoms with Crippen molar-refractivity contribution in [3.63, 3.8) is 0 Å². The van der Waals surface area contributed by atoms with Crippen LogP contribution in [0.4, 0.5) is 0 Å². The maximum absolute atomic E-state index is 11.7. The van der Waals surface area contributed by atoms with E-state index in [-0.39, 0.29) is 11.7 Å². The molecule has 0 saturated heterocycles. The predicted molar refractivity (Wildman–Crippen MR) is 64.9 cm³/mol. The molecule has 3 nitrogen and oxygen atoms in total. The van der Waals surface area contributed by atoms with Crippen molar-refractivity contribution in [3.8, 4) is 5.75 Å². The van der Waals surface area contributed by atoms with E-state index in [0.717, 1.165) is 6.42 Å². The molecule has 16 heavy (non-hydrogen) atoms. The molecule has 2 N–H and O–H groups in total. The van der Waals surface area contributed by atoms with E-state index in [1.165, 1.54) is 18.2 Å². The number of carbonyl (C=O) groups excluding carboxylic acids is 1. The van der Waals surface area contributed by atoms with Gasteiger partial charge in [0.25, 0.3) is 5.91 Å². The molecule has 1 aromatic carbocycles. The lowest BCUT2D eigenvalue weighted by atomic mass is 10.2. The van der Waals surface area contributed by atoms with E-state index in [2.05, 4.69) is 5.32 Å². The first-order valence-electron chi connectivity index (χ1n) is 5.03. The predicted octanol–water partition coefficient (Wildman–Crippen LogP) is 2.74. The number of amides is 1. The Morgan fingerprint density at radius 2 is 2.31 bits per heavy atom. The summed E-state index contributed by atoms with van der Waals surface area (Å²) in [7, 11) is 0. The Kier molecular flexibility index (Phi) is 4.86. The van der Waals surface area contributed by atoms with E-state index in [4.69, 9.17) is 11.6 Å². The maximum atomic E-state index is 11.7. The molecule has 1 aromatic rings. The summed E-state index contributed by atoms with van der Waals surface area (Å²) in [6.07, 6.45) is 4.66. The molecule has 0 saturated carbocycles. The van der Waals surface area contributed by atoms with Gasteiger partial charge in [-0.1, -0.05) is 23.8 Å². The van der Waals surface area contributed by atoms with Crippen LogP contribution in [0.2, 0.25) is 5.02 Å². The summed E-state index contributed by atoms with van der Waals surface area (Å²) < 4.78 is 0. The fraction of sp³-hybridized carbons (Fsp3) is 0.250. The zero-order valence-corrected chi connectivity index (χ0v) is 9.79. The number of halogens is 1. The lowest BCUT2D eigenvalue weighted by molar-refractivity contribution is 0.0954. The largest absolute Gasteiger partial charge is 0.508 e. The number of allylic oxidation sites excluding steroid dienone is 1. The molecule has 1 rings (SSSR count). The van der Waals surface area contributed by atoms with Crippen molar-refractivity contribution in [1.29, 1.82) is 0 Å². The average Bonchev–Trinajstić information content (AvgIpc) is 2.27. The minimum Gasteiger partial charge on any atom is -0.508 e. The number of benzene rings is 1. The van der Waals surface area contributed by atoms with Gasteiger partial charge in [0.05, 0.1) is 10.6 Å². The number of phenols is 1. The van der Waals surface area contributed by atoms with Crippen molar-refractivity contribution < 1.29 is 9.90 Å². The zero-order chi connectivity index (χ0) is 12.0. The Hall–Kier alpha value is -1.48. The highest BCUT2D eigenvalue weighted by Crippen LogP contribution is 2.20. The van der Waals surface area contributed by atoms with Crippen LogP contribution in [-0.4, -0.2) is 17.6 Å². The van der Waals surface area contributed by atoms with E-state index >= 15 is 0 Å². The molecular weight excluding hydrogens is 226 g/mol. The van der Waals surface area contributed by atoms with Gasteiger partial charge in [-0.2, -0.15) is 0 Å². The summed E-state index contributed by atoms with van der Waals surface area (Å²) in [6, 6.07) is 4.30. The Bertz CT molecular complexity index is 402. The molecule has 0 atom stereocenters. The molecule has 0 heterocycles. The molecule has 1 amide bonds. The number of hydrogen-bond donors (Lipinski definition) is 2. The van der Waals surface area contributed by atoms with Crippen LogP contribution in [-0.2, 0) is 0 Å². The van der Waals surface area contributed by atoms with E-state index in [1.54, 1.807) is 0 Å². The molecular formula is C12H14ClNO2. The minimum atomic E-state index is -0.273. The van der Waals surface area contributed by atoms with Crippen molar-refractivity contribution in [2.75, 3.05) is 6.54 Å². The SMILES string of the molecule is C/C=C/CCNC(=O)c1cc(O)ccc1Cl. The number of hydrogen-bond acceptors (Lipinski definition) is 2. The first-order valence-corrected chi connectivity index (χ1v) is 5.41. The summed E-state index contributed by atoms with van der Waals surface area (Å²) >= 11 is 5.85. The summed E-state index contributed by atoms with van der Waals surface area (Å²) in [4.78, 5) is 11.7. The van der Waals surface area contributed by atoms with Crippen molar-refractivity contribution in [2.24, 2.45) is 0 Å². The number of rotatable bonds is 4. The molecule has 86 valence electrons. The molecule has 0 aliphatic carbocycles. The van der Waals surface area contributed by atoms with Crippen LogP contribution >= 0.6 is 11.6 Å². The van der Waals surface area contributed by atoms with Gasteiger partial charge in [-0.05, 0) is 31.5 Å². The van der Waals surface area contributed by atoms with Crippen molar-refractivity contribution >= 4 is 17.5 Å². The van der Waals surface area contributed by atoms with E-state index in [1.807, 2.05) is 19.1 Å². The topological polar surface area (TPSA) is 49.3 Å². The van der Waals surface area contributed by atoms with Crippen LogP contribution in [0.15, 0.2) is 30.4 Å². The Balaban J connectivity index is 2.62. The number of carbonyl (C=O) groups is 1. The van der Waals surface area contributed by atoms with E-state index in [9.17, 15) is 9.90 Å². The Labute approximate surface area is 99.7 Å². The first-order chi connectivity index (χ1) is 7.65. The lowest BCUT2D eigenvalue weighted by Gasteiger charge is -2.05. The smallest absolute Gasteiger partial charge is 0.252 e. The third-order valence-electron chi connectivity index (χ3n) is 2.03. The van der Waals surface area contributed by atoms with Crippen LogP contribution in [0.5, 0.6) is 5.75 Å². The van der Waals surface area contributed by atoms with Gasteiger partial charge in [0.1, 0.15) is 5.75 Å². The van der Waals surface area contributed by atoms with E-state index in [0.29, 0.717) is 17.1 Å². The van der Waals surface area contributed by atoms with Crippen molar-refractivity contribution in [1.82, 2.24) is 5.32 Å². The molecule has 0 aromatic heterocycles. The van der Waals surface area contributed by atoms with Crippen LogP contribution in [0.1, 0.15) is 23.7 Å². The molecule has 0 radical (unpaired) electrons. The second-order valence-electron chi connectivity index (χ2n) is 3.28. The second-order valence-corrected chi connectivity index (χ2v) is 3.68. The van der Waals surface area contributed by atoms with Gasteiger partial charge in [0.15, 0.2) is 0 Å². The summed E-state index contributed by atoms with van der Waals surface area (Å²) in [5.41, 5.74) is 0.294. The minimum absolute atomic E-state index is 0.0306. The maximum Gasteiger partial charge on any atom is 0.252 e. The molecule has 0 spiro atoms. The van der Waals surface area contributed by atoms with Crippen molar-refractivity contribution in [2.45, 2.75) is 13.3 Å². The summed E-state index contributed by atoms with van der Waals surface area (Å²) in [5, 5.41) is 12.3. The average molecular weight is 240 g/mol. The highest BCUT2D eigenvalue weighted by molar-refractivity contribution is 6.33. The van der Waals surface area contributed by atoms with Gasteiger partial charge in [-0.15, -0.1) is 0 Å². The molecule has 0 fully saturated rings. The molecule has 0 unspecified atom stereocenters. The Morgan fingerprint density at radius 3 is 3.00 bits per heavy atom. The zero-order valence-electron chi connectivity index (χ0n) is 9.03. The monoisotopic (exact) mass is 239 g/mol. The molecule has 0 aliphatic heterocycles. The quantitative estimate of drug-likeness (QED) is 0.627. The summed E-state index contributed by atoms with van der Waals surface area (Å²) in [5.74, 6) is -0.242. The van der Waals surface area contributed by atoms with Gasteiger partial charge < -0.3 is 10.4 Å². The Morgan fingerprint density at radius 1 is 1.56 bits per heavy atom. The standard InChI is InChI=1S/C12H14ClNO2/c1-2-3-4-7-14-12(16)10-8-9(15)5-6-11(10)13/h2-3,5-6,8,15H,4,7H2,1H3,(H,14,16)/b3-2+. The van der Waals surface area contributed by atoms with Gasteiger partial charge in [0, 0.05) is 6.54 Å². The first kappa shape index (κ1) is 12.6. The normalized spacial score (nSPS) is 10.6. The molecule has 0 aliphatic rings. The highest BCUT2D eigenvalue weighted by Gasteiger charge is 2.09. The second kappa shape index (κ2) is 6.18. The molecule has 4 heteroatoms. The van der Waals surface area contributed by atoms with Crippen LogP contribution < -0.4 is 5.32 Å². The van der Waals surface area contributed by atoms with Gasteiger partial charge in [-0.3, -0.25) is 4.79 Å². The highest BCUT2D eigenvalue weighted by atomic mass is 35.5. The van der Waals surface area contributed by atoms with Crippen LogP contribution in [0.25, 0.3) is 0 Å². The lowest BCUT2D eigenvalue weighted by Crippen LogP contribution is -2.24.